The van der Waals surface area contributed by atoms with Crippen LogP contribution in [0.3, 0.4) is 0 Å². The quantitative estimate of drug-likeness (QED) is 0.429. The zero-order chi connectivity index (χ0) is 21.6. The first-order chi connectivity index (χ1) is 13.7. The molecular weight excluding hydrogens is 380 g/mol. The molecule has 0 radical (unpaired) electrons. The van der Waals surface area contributed by atoms with E-state index in [1.54, 1.807) is 12.1 Å². The maximum Gasteiger partial charge on any atom is 0.338 e. The summed E-state index contributed by atoms with van der Waals surface area (Å²) in [5, 5.41) is 13.6. The Hall–Kier alpha value is -3.75. The Morgan fingerprint density at radius 1 is 1.03 bits per heavy atom. The van der Waals surface area contributed by atoms with Crippen molar-refractivity contribution in [2.45, 2.75) is 19.8 Å². The maximum atomic E-state index is 12.2. The van der Waals surface area contributed by atoms with E-state index in [-0.39, 0.29) is 11.1 Å². The molecule has 0 aliphatic carbocycles. The first-order valence-corrected chi connectivity index (χ1v) is 8.66. The first kappa shape index (κ1) is 21.5. The number of carbonyl (C=O) groups is 3. The largest absolute Gasteiger partial charge is 0.465 e. The summed E-state index contributed by atoms with van der Waals surface area (Å²) < 4.78 is 9.42. The van der Waals surface area contributed by atoms with Crippen LogP contribution in [0.1, 0.15) is 46.0 Å². The lowest BCUT2D eigenvalue weighted by Crippen LogP contribution is -2.21. The van der Waals surface area contributed by atoms with Crippen molar-refractivity contribution in [3.63, 3.8) is 0 Å². The number of carbonyl (C=O) groups excluding carboxylic acids is 3. The van der Waals surface area contributed by atoms with Gasteiger partial charge in [-0.1, -0.05) is 26.0 Å². The number of amides is 1. The Morgan fingerprint density at radius 3 is 2.14 bits per heavy atom. The SMILES string of the molecule is COC(=O)c1cc(C(=O)OCC(=O)Nc2ccc(C(C)C)cc2)cc([N+](=O)[O-])c1. The van der Waals surface area contributed by atoms with Crippen LogP contribution in [-0.2, 0) is 14.3 Å². The van der Waals surface area contributed by atoms with Crippen molar-refractivity contribution in [3.05, 3.63) is 69.3 Å². The number of non-ortho nitro benzene ring substituents is 1. The highest BCUT2D eigenvalue weighted by Gasteiger charge is 2.20. The third-order valence-corrected chi connectivity index (χ3v) is 3.98. The van der Waals surface area contributed by atoms with Crippen LogP contribution in [0.4, 0.5) is 11.4 Å². The van der Waals surface area contributed by atoms with Gasteiger partial charge in [-0.25, -0.2) is 9.59 Å². The highest BCUT2D eigenvalue weighted by atomic mass is 16.6. The predicted molar refractivity (Wildman–Crippen MR) is 104 cm³/mol. The number of nitro groups is 1. The fraction of sp³-hybridized carbons (Fsp3) is 0.250. The maximum absolute atomic E-state index is 12.2. The third-order valence-electron chi connectivity index (χ3n) is 3.98. The minimum absolute atomic E-state index is 0.177. The van der Waals surface area contributed by atoms with Gasteiger partial charge in [-0.3, -0.25) is 14.9 Å². The van der Waals surface area contributed by atoms with Crippen molar-refractivity contribution >= 4 is 29.2 Å². The summed E-state index contributed by atoms with van der Waals surface area (Å²) in [4.78, 5) is 46.1. The van der Waals surface area contributed by atoms with Crippen molar-refractivity contribution in [1.29, 1.82) is 0 Å². The standard InChI is InChI=1S/C20H20N2O7/c1-12(2)13-4-6-16(7-5-13)21-18(23)11-29-20(25)15-8-14(19(24)28-3)9-17(10-15)22(26)27/h4-10,12H,11H2,1-3H3,(H,21,23). The van der Waals surface area contributed by atoms with E-state index in [1.165, 1.54) is 0 Å². The highest BCUT2D eigenvalue weighted by Crippen LogP contribution is 2.19. The summed E-state index contributed by atoms with van der Waals surface area (Å²) in [7, 11) is 1.11. The second-order valence-electron chi connectivity index (χ2n) is 6.42. The third kappa shape index (κ3) is 5.86. The summed E-state index contributed by atoms with van der Waals surface area (Å²) in [6.45, 7) is 3.50. The summed E-state index contributed by atoms with van der Waals surface area (Å²) in [6.07, 6.45) is 0. The number of hydrogen-bond acceptors (Lipinski definition) is 7. The highest BCUT2D eigenvalue weighted by molar-refractivity contribution is 5.98. The molecule has 0 unspecified atom stereocenters. The number of nitrogens with zero attached hydrogens (tertiary/aromatic N) is 1. The zero-order valence-electron chi connectivity index (χ0n) is 16.1. The van der Waals surface area contributed by atoms with Crippen LogP contribution in [0.2, 0.25) is 0 Å². The normalized spacial score (nSPS) is 10.3. The molecule has 29 heavy (non-hydrogen) atoms. The number of nitro benzene ring substituents is 1. The van der Waals surface area contributed by atoms with Crippen LogP contribution in [0.5, 0.6) is 0 Å². The number of benzene rings is 2. The molecule has 2 aromatic carbocycles. The molecule has 0 aliphatic rings. The van der Waals surface area contributed by atoms with Gasteiger partial charge < -0.3 is 14.8 Å². The van der Waals surface area contributed by atoms with E-state index < -0.39 is 35.1 Å². The monoisotopic (exact) mass is 400 g/mol. The van der Waals surface area contributed by atoms with Gasteiger partial charge in [0.2, 0.25) is 0 Å². The van der Waals surface area contributed by atoms with Crippen LogP contribution >= 0.6 is 0 Å². The van der Waals surface area contributed by atoms with Crippen LogP contribution in [0, 0.1) is 10.1 Å². The van der Waals surface area contributed by atoms with Crippen LogP contribution in [0.25, 0.3) is 0 Å². The molecule has 0 saturated carbocycles. The average molecular weight is 400 g/mol. The molecule has 0 aliphatic heterocycles. The minimum Gasteiger partial charge on any atom is -0.465 e. The van der Waals surface area contributed by atoms with Crippen molar-refractivity contribution in [2.75, 3.05) is 19.0 Å². The molecule has 9 nitrogen and oxygen atoms in total. The Balaban J connectivity index is 2.04. The van der Waals surface area contributed by atoms with Gasteiger partial charge in [-0.2, -0.15) is 0 Å². The first-order valence-electron chi connectivity index (χ1n) is 8.66. The molecule has 0 saturated heterocycles. The Morgan fingerprint density at radius 2 is 1.62 bits per heavy atom. The molecule has 0 aromatic heterocycles. The van der Waals surface area contributed by atoms with Gasteiger partial charge in [0.25, 0.3) is 11.6 Å². The van der Waals surface area contributed by atoms with E-state index in [0.29, 0.717) is 11.6 Å². The van der Waals surface area contributed by atoms with E-state index in [2.05, 4.69) is 10.1 Å². The molecule has 0 atom stereocenters. The number of nitrogens with one attached hydrogen (secondary N) is 1. The fourth-order valence-corrected chi connectivity index (χ4v) is 2.43. The van der Waals surface area contributed by atoms with Crippen molar-refractivity contribution in [3.8, 4) is 0 Å². The lowest BCUT2D eigenvalue weighted by Gasteiger charge is -2.09. The van der Waals surface area contributed by atoms with Gasteiger partial charge in [0.1, 0.15) is 0 Å². The lowest BCUT2D eigenvalue weighted by atomic mass is 10.0. The number of esters is 2. The van der Waals surface area contributed by atoms with Gasteiger partial charge in [-0.05, 0) is 29.7 Å². The smallest absolute Gasteiger partial charge is 0.338 e. The van der Waals surface area contributed by atoms with E-state index in [9.17, 15) is 24.5 Å². The topological polar surface area (TPSA) is 125 Å². The number of rotatable bonds is 7. The van der Waals surface area contributed by atoms with Crippen LogP contribution in [-0.4, -0.2) is 36.5 Å². The predicted octanol–water partition coefficient (Wildman–Crippen LogP) is 3.30. The van der Waals surface area contributed by atoms with E-state index >= 15 is 0 Å². The summed E-state index contributed by atoms with van der Waals surface area (Å²) in [6, 6.07) is 10.3. The second-order valence-corrected chi connectivity index (χ2v) is 6.42. The van der Waals surface area contributed by atoms with E-state index in [1.807, 2.05) is 26.0 Å². The number of hydrogen-bond donors (Lipinski definition) is 1. The molecule has 2 aromatic rings. The van der Waals surface area contributed by atoms with Crippen LogP contribution in [0.15, 0.2) is 42.5 Å². The summed E-state index contributed by atoms with van der Waals surface area (Å²) in [5.41, 5.74) is 0.756. The molecule has 0 spiro atoms. The fourth-order valence-electron chi connectivity index (χ4n) is 2.43. The number of methoxy groups -OCH3 is 1. The molecule has 0 fully saturated rings. The molecule has 152 valence electrons. The minimum atomic E-state index is -0.982. The molecular formula is C20H20N2O7. The van der Waals surface area contributed by atoms with Gasteiger partial charge >= 0.3 is 11.9 Å². The zero-order valence-corrected chi connectivity index (χ0v) is 16.1. The lowest BCUT2D eigenvalue weighted by molar-refractivity contribution is -0.384. The summed E-state index contributed by atoms with van der Waals surface area (Å²) in [5.74, 6) is -2.05. The summed E-state index contributed by atoms with van der Waals surface area (Å²) >= 11 is 0. The van der Waals surface area contributed by atoms with E-state index in [4.69, 9.17) is 4.74 Å². The number of anilines is 1. The Kier molecular flexibility index (Phi) is 7.02. The van der Waals surface area contributed by atoms with E-state index in [0.717, 1.165) is 30.9 Å². The molecule has 0 bridgehead atoms. The molecule has 0 heterocycles. The van der Waals surface area contributed by atoms with Gasteiger partial charge in [0, 0.05) is 17.8 Å². The van der Waals surface area contributed by atoms with Crippen LogP contribution < -0.4 is 5.32 Å². The van der Waals surface area contributed by atoms with Crippen molar-refractivity contribution in [1.82, 2.24) is 0 Å². The van der Waals surface area contributed by atoms with Crippen molar-refractivity contribution < 1.29 is 28.8 Å². The van der Waals surface area contributed by atoms with Gasteiger partial charge in [0.05, 0.1) is 23.2 Å². The second kappa shape index (κ2) is 9.45. The van der Waals surface area contributed by atoms with Gasteiger partial charge in [-0.15, -0.1) is 0 Å². The Bertz CT molecular complexity index is 936. The molecule has 1 N–H and O–H groups in total. The molecule has 2 rings (SSSR count). The average Bonchev–Trinajstić information content (AvgIpc) is 2.71. The van der Waals surface area contributed by atoms with Crippen molar-refractivity contribution in [2.24, 2.45) is 0 Å². The molecule has 1 amide bonds. The Labute approximate surface area is 166 Å². The number of ether oxygens (including phenoxy) is 2. The van der Waals surface area contributed by atoms with Gasteiger partial charge in [0.15, 0.2) is 6.61 Å². The molecule has 9 heteroatoms.